The first-order chi connectivity index (χ1) is 6.02. The minimum absolute atomic E-state index is 0.120. The molecular formula is C9H10BrF2N. The van der Waals surface area contributed by atoms with Crippen LogP contribution in [0.5, 0.6) is 0 Å². The van der Waals surface area contributed by atoms with Crippen molar-refractivity contribution in [1.29, 1.82) is 0 Å². The summed E-state index contributed by atoms with van der Waals surface area (Å²) in [5.41, 5.74) is 5.94. The van der Waals surface area contributed by atoms with Crippen molar-refractivity contribution in [3.63, 3.8) is 0 Å². The highest BCUT2D eigenvalue weighted by Crippen LogP contribution is 2.23. The first-order valence-corrected chi connectivity index (χ1v) is 4.69. The molecule has 1 atom stereocenters. The third kappa shape index (κ3) is 2.48. The smallest absolute Gasteiger partial charge is 0.143 e. The molecule has 0 aromatic heterocycles. The SMILES string of the molecule is C[C@@H](N)Cc1ccc(F)c(Br)c1F. The van der Waals surface area contributed by atoms with Gasteiger partial charge in [-0.1, -0.05) is 6.07 Å². The Morgan fingerprint density at radius 3 is 2.62 bits per heavy atom. The summed E-state index contributed by atoms with van der Waals surface area (Å²) in [5, 5.41) is 0. The van der Waals surface area contributed by atoms with Crippen molar-refractivity contribution < 1.29 is 8.78 Å². The van der Waals surface area contributed by atoms with E-state index in [0.29, 0.717) is 12.0 Å². The van der Waals surface area contributed by atoms with E-state index < -0.39 is 11.6 Å². The van der Waals surface area contributed by atoms with E-state index >= 15 is 0 Å². The lowest BCUT2D eigenvalue weighted by atomic mass is 10.1. The fourth-order valence-corrected chi connectivity index (χ4v) is 1.46. The Kier molecular flexibility index (Phi) is 3.39. The molecule has 0 aliphatic rings. The van der Waals surface area contributed by atoms with Crippen LogP contribution < -0.4 is 5.73 Å². The minimum Gasteiger partial charge on any atom is -0.328 e. The average Bonchev–Trinajstić information content (AvgIpc) is 2.06. The molecule has 13 heavy (non-hydrogen) atoms. The molecule has 0 fully saturated rings. The highest BCUT2D eigenvalue weighted by Gasteiger charge is 2.11. The van der Waals surface area contributed by atoms with Gasteiger partial charge in [0, 0.05) is 6.04 Å². The van der Waals surface area contributed by atoms with E-state index in [0.717, 1.165) is 0 Å². The van der Waals surface area contributed by atoms with Gasteiger partial charge in [0.1, 0.15) is 11.6 Å². The van der Waals surface area contributed by atoms with Crippen LogP contribution in [0.15, 0.2) is 16.6 Å². The summed E-state index contributed by atoms with van der Waals surface area (Å²) in [7, 11) is 0. The summed E-state index contributed by atoms with van der Waals surface area (Å²) in [6.07, 6.45) is 0.407. The predicted octanol–water partition coefficient (Wildman–Crippen LogP) is 2.62. The number of hydrogen-bond acceptors (Lipinski definition) is 1. The zero-order chi connectivity index (χ0) is 10.0. The Hall–Kier alpha value is -0.480. The van der Waals surface area contributed by atoms with Gasteiger partial charge < -0.3 is 5.73 Å². The van der Waals surface area contributed by atoms with E-state index in [-0.39, 0.29) is 10.5 Å². The van der Waals surface area contributed by atoms with Gasteiger partial charge in [-0.05, 0) is 40.9 Å². The van der Waals surface area contributed by atoms with Gasteiger partial charge in [0.25, 0.3) is 0 Å². The topological polar surface area (TPSA) is 26.0 Å². The quantitative estimate of drug-likeness (QED) is 0.802. The summed E-state index contributed by atoms with van der Waals surface area (Å²) in [6, 6.07) is 2.51. The van der Waals surface area contributed by atoms with Gasteiger partial charge in [-0.15, -0.1) is 0 Å². The molecule has 0 heterocycles. The molecule has 0 saturated heterocycles. The molecule has 0 unspecified atom stereocenters. The van der Waals surface area contributed by atoms with Gasteiger partial charge in [-0.2, -0.15) is 0 Å². The first kappa shape index (κ1) is 10.6. The fourth-order valence-electron chi connectivity index (χ4n) is 1.07. The highest BCUT2D eigenvalue weighted by molar-refractivity contribution is 9.10. The third-order valence-electron chi connectivity index (χ3n) is 1.66. The average molecular weight is 250 g/mol. The van der Waals surface area contributed by atoms with Crippen LogP contribution >= 0.6 is 15.9 Å². The highest BCUT2D eigenvalue weighted by atomic mass is 79.9. The summed E-state index contributed by atoms with van der Waals surface area (Å²) < 4.78 is 25.9. The van der Waals surface area contributed by atoms with E-state index in [1.54, 1.807) is 6.92 Å². The fraction of sp³-hybridized carbons (Fsp3) is 0.333. The van der Waals surface area contributed by atoms with Gasteiger partial charge in [-0.25, -0.2) is 8.78 Å². The Balaban J connectivity index is 3.04. The molecule has 1 rings (SSSR count). The van der Waals surface area contributed by atoms with Crippen LogP contribution in [-0.2, 0) is 6.42 Å². The molecule has 0 bridgehead atoms. The van der Waals surface area contributed by atoms with Gasteiger partial charge in [0.05, 0.1) is 4.47 Å². The molecule has 1 nitrogen and oxygen atoms in total. The number of benzene rings is 1. The van der Waals surface area contributed by atoms with Crippen LogP contribution in [0.4, 0.5) is 8.78 Å². The van der Waals surface area contributed by atoms with Crippen LogP contribution in [0, 0.1) is 11.6 Å². The maximum atomic E-state index is 13.3. The lowest BCUT2D eigenvalue weighted by molar-refractivity contribution is 0.554. The second-order valence-electron chi connectivity index (χ2n) is 3.02. The maximum Gasteiger partial charge on any atom is 0.143 e. The molecular weight excluding hydrogens is 240 g/mol. The molecule has 0 radical (unpaired) electrons. The van der Waals surface area contributed by atoms with Crippen molar-refractivity contribution in [2.45, 2.75) is 19.4 Å². The molecule has 0 amide bonds. The molecule has 0 aliphatic heterocycles. The zero-order valence-corrected chi connectivity index (χ0v) is 8.74. The predicted molar refractivity (Wildman–Crippen MR) is 51.4 cm³/mol. The van der Waals surface area contributed by atoms with Crippen molar-refractivity contribution in [3.05, 3.63) is 33.8 Å². The monoisotopic (exact) mass is 249 g/mol. The molecule has 2 N–H and O–H groups in total. The van der Waals surface area contributed by atoms with Crippen molar-refractivity contribution in [2.75, 3.05) is 0 Å². The van der Waals surface area contributed by atoms with Crippen molar-refractivity contribution in [3.8, 4) is 0 Å². The largest absolute Gasteiger partial charge is 0.328 e. The van der Waals surface area contributed by atoms with Gasteiger partial charge in [0.15, 0.2) is 0 Å². The van der Waals surface area contributed by atoms with Crippen LogP contribution in [0.1, 0.15) is 12.5 Å². The van der Waals surface area contributed by atoms with Crippen molar-refractivity contribution in [1.82, 2.24) is 0 Å². The lowest BCUT2D eigenvalue weighted by Crippen LogP contribution is -2.18. The number of nitrogens with two attached hydrogens (primary N) is 1. The molecule has 0 spiro atoms. The number of halogens is 3. The van der Waals surface area contributed by atoms with E-state index in [1.807, 2.05) is 0 Å². The summed E-state index contributed by atoms with van der Waals surface area (Å²) >= 11 is 2.83. The van der Waals surface area contributed by atoms with Gasteiger partial charge >= 0.3 is 0 Å². The number of rotatable bonds is 2. The number of hydrogen-bond donors (Lipinski definition) is 1. The van der Waals surface area contributed by atoms with Crippen LogP contribution in [0.2, 0.25) is 0 Å². The van der Waals surface area contributed by atoms with E-state index in [9.17, 15) is 8.78 Å². The minimum atomic E-state index is -0.592. The zero-order valence-electron chi connectivity index (χ0n) is 7.15. The van der Waals surface area contributed by atoms with Crippen LogP contribution in [-0.4, -0.2) is 6.04 Å². The van der Waals surface area contributed by atoms with Gasteiger partial charge in [-0.3, -0.25) is 0 Å². The molecule has 0 saturated carbocycles. The van der Waals surface area contributed by atoms with Crippen LogP contribution in [0.25, 0.3) is 0 Å². The molecule has 4 heteroatoms. The second kappa shape index (κ2) is 4.15. The Morgan fingerprint density at radius 1 is 1.46 bits per heavy atom. The molecule has 1 aromatic carbocycles. The van der Waals surface area contributed by atoms with E-state index in [2.05, 4.69) is 15.9 Å². The van der Waals surface area contributed by atoms with E-state index in [4.69, 9.17) is 5.73 Å². The first-order valence-electron chi connectivity index (χ1n) is 3.90. The summed E-state index contributed by atoms with van der Waals surface area (Å²) in [6.45, 7) is 1.77. The standard InChI is InChI=1S/C9H10BrF2N/c1-5(13)4-6-2-3-7(11)8(10)9(6)12/h2-3,5H,4,13H2,1H3/t5-/m1/s1. The Bertz CT molecular complexity index is 313. The van der Waals surface area contributed by atoms with E-state index in [1.165, 1.54) is 12.1 Å². The molecule has 72 valence electrons. The maximum absolute atomic E-state index is 13.3. The Morgan fingerprint density at radius 2 is 2.08 bits per heavy atom. The second-order valence-corrected chi connectivity index (χ2v) is 3.81. The van der Waals surface area contributed by atoms with Crippen LogP contribution in [0.3, 0.4) is 0 Å². The lowest BCUT2D eigenvalue weighted by Gasteiger charge is -2.07. The molecule has 1 aromatic rings. The molecule has 0 aliphatic carbocycles. The van der Waals surface area contributed by atoms with Crippen molar-refractivity contribution in [2.24, 2.45) is 5.73 Å². The summed E-state index contributed by atoms with van der Waals surface area (Å²) in [4.78, 5) is 0. The van der Waals surface area contributed by atoms with Crippen molar-refractivity contribution >= 4 is 15.9 Å². The third-order valence-corrected chi connectivity index (χ3v) is 2.38. The summed E-state index contributed by atoms with van der Waals surface area (Å²) in [5.74, 6) is -1.15. The van der Waals surface area contributed by atoms with Gasteiger partial charge in [0.2, 0.25) is 0 Å². The Labute approximate surface area is 84.1 Å². The normalized spacial score (nSPS) is 13.0.